The number of fused-ring (bicyclic) bond motifs is 1. The van der Waals surface area contributed by atoms with E-state index in [0.717, 1.165) is 12.0 Å². The van der Waals surface area contributed by atoms with Crippen molar-refractivity contribution < 1.29 is 9.53 Å². The largest absolute Gasteiger partial charge is 0.370 e. The fourth-order valence-electron chi connectivity index (χ4n) is 3.77. The smallest absolute Gasteiger partial charge is 0.223 e. The minimum Gasteiger partial charge on any atom is -0.370 e. The van der Waals surface area contributed by atoms with Gasteiger partial charge < -0.3 is 14.2 Å². The number of aromatic nitrogens is 1. The van der Waals surface area contributed by atoms with Crippen LogP contribution in [0.1, 0.15) is 23.7 Å². The summed E-state index contributed by atoms with van der Waals surface area (Å²) in [4.78, 5) is 14.7. The van der Waals surface area contributed by atoms with Crippen molar-refractivity contribution in [3.63, 3.8) is 0 Å². The third-order valence-electron chi connectivity index (χ3n) is 5.18. The number of hydrogen-bond acceptors (Lipinski definition) is 2. The van der Waals surface area contributed by atoms with E-state index in [0.29, 0.717) is 26.1 Å². The number of aryl methyl sites for hydroxylation is 2. The maximum absolute atomic E-state index is 12.8. The Bertz CT molecular complexity index is 901. The highest BCUT2D eigenvalue weighted by molar-refractivity contribution is 5.85. The average Bonchev–Trinajstić information content (AvgIpc) is 3.03. The first-order valence-corrected chi connectivity index (χ1v) is 9.19. The van der Waals surface area contributed by atoms with Crippen molar-refractivity contribution in [2.24, 2.45) is 7.05 Å². The molecule has 4 heteroatoms. The molecular weight excluding hydrogens is 324 g/mol. The van der Waals surface area contributed by atoms with E-state index in [2.05, 4.69) is 54.2 Å². The number of amides is 1. The lowest BCUT2D eigenvalue weighted by Gasteiger charge is -2.33. The Morgan fingerprint density at radius 3 is 2.73 bits per heavy atom. The van der Waals surface area contributed by atoms with Gasteiger partial charge in [0.1, 0.15) is 6.10 Å². The van der Waals surface area contributed by atoms with Crippen molar-refractivity contribution in [1.82, 2.24) is 9.47 Å². The van der Waals surface area contributed by atoms with Gasteiger partial charge in [0.15, 0.2) is 0 Å². The Labute approximate surface area is 154 Å². The fraction of sp³-hybridized carbons (Fsp3) is 0.318. The highest BCUT2D eigenvalue weighted by Crippen LogP contribution is 2.24. The molecule has 26 heavy (non-hydrogen) atoms. The van der Waals surface area contributed by atoms with Gasteiger partial charge in [0.05, 0.1) is 13.2 Å². The summed E-state index contributed by atoms with van der Waals surface area (Å²) in [5.41, 5.74) is 3.59. The van der Waals surface area contributed by atoms with Crippen LogP contribution in [0.2, 0.25) is 0 Å². The van der Waals surface area contributed by atoms with E-state index in [1.54, 1.807) is 0 Å². The second-order valence-electron chi connectivity index (χ2n) is 6.89. The second-order valence-corrected chi connectivity index (χ2v) is 6.89. The van der Waals surface area contributed by atoms with Crippen LogP contribution in [0.4, 0.5) is 0 Å². The molecular formula is C22H24N2O2. The van der Waals surface area contributed by atoms with Crippen LogP contribution in [-0.4, -0.2) is 35.1 Å². The number of carbonyl (C=O) groups excluding carboxylic acids is 1. The molecule has 1 aromatic heterocycles. The van der Waals surface area contributed by atoms with Crippen LogP contribution < -0.4 is 0 Å². The fourth-order valence-corrected chi connectivity index (χ4v) is 3.77. The molecule has 1 atom stereocenters. The molecule has 0 radical (unpaired) electrons. The predicted molar refractivity (Wildman–Crippen MR) is 103 cm³/mol. The SMILES string of the molecule is Cn1cc(CCC(=O)N2CCO[C@H](c3ccccc3)C2)c2ccccc21. The van der Waals surface area contributed by atoms with Crippen molar-refractivity contribution in [3.8, 4) is 0 Å². The Balaban J connectivity index is 1.41. The number of carbonyl (C=O) groups is 1. The van der Waals surface area contributed by atoms with E-state index in [1.807, 2.05) is 23.1 Å². The van der Waals surface area contributed by atoms with Gasteiger partial charge in [0.25, 0.3) is 0 Å². The van der Waals surface area contributed by atoms with E-state index in [-0.39, 0.29) is 12.0 Å². The van der Waals surface area contributed by atoms with Gasteiger partial charge in [-0.15, -0.1) is 0 Å². The van der Waals surface area contributed by atoms with Crippen molar-refractivity contribution in [3.05, 3.63) is 71.9 Å². The monoisotopic (exact) mass is 348 g/mol. The summed E-state index contributed by atoms with van der Waals surface area (Å²) in [6, 6.07) is 18.5. The molecule has 0 saturated carbocycles. The molecule has 3 aromatic rings. The Kier molecular flexibility index (Phi) is 4.76. The zero-order valence-corrected chi connectivity index (χ0v) is 15.1. The van der Waals surface area contributed by atoms with Gasteiger partial charge in [-0.05, 0) is 23.6 Å². The quantitative estimate of drug-likeness (QED) is 0.720. The zero-order chi connectivity index (χ0) is 17.9. The van der Waals surface area contributed by atoms with Crippen molar-refractivity contribution in [2.75, 3.05) is 19.7 Å². The number of hydrogen-bond donors (Lipinski definition) is 0. The van der Waals surface area contributed by atoms with E-state index < -0.39 is 0 Å². The summed E-state index contributed by atoms with van der Waals surface area (Å²) < 4.78 is 8.01. The van der Waals surface area contributed by atoms with Crippen LogP contribution in [-0.2, 0) is 23.0 Å². The standard InChI is InChI=1S/C22H24N2O2/c1-23-15-18(19-9-5-6-10-20(19)23)11-12-22(25)24-13-14-26-21(16-24)17-7-3-2-4-8-17/h2-10,15,21H,11-14,16H2,1H3/t21-/m0/s1. The summed E-state index contributed by atoms with van der Waals surface area (Å²) in [7, 11) is 2.06. The molecule has 4 nitrogen and oxygen atoms in total. The average molecular weight is 348 g/mol. The lowest BCUT2D eigenvalue weighted by molar-refractivity contribution is -0.139. The topological polar surface area (TPSA) is 34.5 Å². The molecule has 1 aliphatic rings. The summed E-state index contributed by atoms with van der Waals surface area (Å²) in [6.45, 7) is 1.91. The number of rotatable bonds is 4. The number of morpholine rings is 1. The number of para-hydroxylation sites is 1. The molecule has 1 fully saturated rings. The molecule has 1 aliphatic heterocycles. The van der Waals surface area contributed by atoms with Crippen molar-refractivity contribution in [2.45, 2.75) is 18.9 Å². The highest BCUT2D eigenvalue weighted by atomic mass is 16.5. The Morgan fingerprint density at radius 2 is 1.88 bits per heavy atom. The first-order chi connectivity index (χ1) is 12.7. The molecule has 0 N–H and O–H groups in total. The number of nitrogens with zero attached hydrogens (tertiary/aromatic N) is 2. The zero-order valence-electron chi connectivity index (χ0n) is 15.1. The van der Waals surface area contributed by atoms with E-state index in [1.165, 1.54) is 16.5 Å². The number of benzene rings is 2. The molecule has 2 heterocycles. The minimum atomic E-state index is -0.0218. The van der Waals surface area contributed by atoms with Gasteiger partial charge in [-0.25, -0.2) is 0 Å². The van der Waals surface area contributed by atoms with Gasteiger partial charge in [-0.2, -0.15) is 0 Å². The maximum atomic E-state index is 12.8. The van der Waals surface area contributed by atoms with Gasteiger partial charge in [0.2, 0.25) is 5.91 Å². The van der Waals surface area contributed by atoms with Crippen LogP contribution in [0.3, 0.4) is 0 Å². The van der Waals surface area contributed by atoms with Crippen LogP contribution in [0.15, 0.2) is 60.8 Å². The van der Waals surface area contributed by atoms with E-state index >= 15 is 0 Å². The predicted octanol–water partition coefficient (Wildman–Crippen LogP) is 3.71. The molecule has 1 saturated heterocycles. The summed E-state index contributed by atoms with van der Waals surface area (Å²) in [5, 5.41) is 1.24. The van der Waals surface area contributed by atoms with Gasteiger partial charge >= 0.3 is 0 Å². The summed E-state index contributed by atoms with van der Waals surface area (Å²) >= 11 is 0. The normalized spacial score (nSPS) is 17.6. The number of ether oxygens (including phenoxy) is 1. The van der Waals surface area contributed by atoms with Crippen LogP contribution >= 0.6 is 0 Å². The first-order valence-electron chi connectivity index (χ1n) is 9.19. The third-order valence-corrected chi connectivity index (χ3v) is 5.18. The van der Waals surface area contributed by atoms with Crippen LogP contribution in [0.5, 0.6) is 0 Å². The van der Waals surface area contributed by atoms with Crippen molar-refractivity contribution >= 4 is 16.8 Å². The van der Waals surface area contributed by atoms with Gasteiger partial charge in [-0.3, -0.25) is 4.79 Å². The van der Waals surface area contributed by atoms with Gasteiger partial charge in [-0.1, -0.05) is 48.5 Å². The third kappa shape index (κ3) is 3.37. The molecule has 0 spiro atoms. The Hall–Kier alpha value is -2.59. The summed E-state index contributed by atoms with van der Waals surface area (Å²) in [5.74, 6) is 0.210. The van der Waals surface area contributed by atoms with E-state index in [4.69, 9.17) is 4.74 Å². The second kappa shape index (κ2) is 7.34. The lowest BCUT2D eigenvalue weighted by Crippen LogP contribution is -2.42. The van der Waals surface area contributed by atoms with Gasteiger partial charge in [0, 0.05) is 37.1 Å². The molecule has 2 aromatic carbocycles. The molecule has 0 unspecified atom stereocenters. The van der Waals surface area contributed by atoms with Crippen molar-refractivity contribution in [1.29, 1.82) is 0 Å². The Morgan fingerprint density at radius 1 is 1.12 bits per heavy atom. The summed E-state index contributed by atoms with van der Waals surface area (Å²) in [6.07, 6.45) is 3.43. The molecule has 0 bridgehead atoms. The molecule has 1 amide bonds. The van der Waals surface area contributed by atoms with E-state index in [9.17, 15) is 4.79 Å². The highest BCUT2D eigenvalue weighted by Gasteiger charge is 2.25. The lowest BCUT2D eigenvalue weighted by atomic mass is 10.1. The maximum Gasteiger partial charge on any atom is 0.223 e. The molecule has 134 valence electrons. The van der Waals surface area contributed by atoms with Crippen LogP contribution in [0, 0.1) is 0 Å². The molecule has 0 aliphatic carbocycles. The van der Waals surface area contributed by atoms with Crippen LogP contribution in [0.25, 0.3) is 10.9 Å². The molecule has 4 rings (SSSR count). The first kappa shape index (κ1) is 16.9. The minimum absolute atomic E-state index is 0.0218.